The van der Waals surface area contributed by atoms with Crippen molar-refractivity contribution in [3.8, 4) is 0 Å². The highest BCUT2D eigenvalue weighted by Crippen LogP contribution is 2.35. The van der Waals surface area contributed by atoms with Crippen molar-refractivity contribution in [3.63, 3.8) is 0 Å². The summed E-state index contributed by atoms with van der Waals surface area (Å²) in [6.45, 7) is 7.43. The van der Waals surface area contributed by atoms with Gasteiger partial charge in [0.2, 0.25) is 0 Å². The molecule has 6 nitrogen and oxygen atoms in total. The molecule has 2 fully saturated rings. The van der Waals surface area contributed by atoms with Crippen LogP contribution in [0.25, 0.3) is 0 Å². The SMILES string of the molecule is CC(C)(C)OC(=O)N1CC2CCCCC2CN1C[C@H](O)[C@@H](N)Cc1ccccc1. The lowest BCUT2D eigenvalue weighted by Crippen LogP contribution is -2.60. The topological polar surface area (TPSA) is 79.0 Å². The molecule has 1 heterocycles. The van der Waals surface area contributed by atoms with Gasteiger partial charge in [0, 0.05) is 25.7 Å². The fourth-order valence-corrected chi connectivity index (χ4v) is 4.52. The zero-order valence-corrected chi connectivity index (χ0v) is 18.1. The van der Waals surface area contributed by atoms with Gasteiger partial charge in [-0.1, -0.05) is 43.2 Å². The van der Waals surface area contributed by atoms with Crippen LogP contribution >= 0.6 is 0 Å². The van der Waals surface area contributed by atoms with Crippen LogP contribution < -0.4 is 5.73 Å². The number of benzene rings is 1. The molecule has 0 radical (unpaired) electrons. The summed E-state index contributed by atoms with van der Waals surface area (Å²) in [4.78, 5) is 12.9. The number of hydrazine groups is 1. The van der Waals surface area contributed by atoms with Gasteiger partial charge in [0.05, 0.1) is 6.10 Å². The zero-order valence-electron chi connectivity index (χ0n) is 18.1. The smallest absolute Gasteiger partial charge is 0.424 e. The maximum absolute atomic E-state index is 12.9. The second kappa shape index (κ2) is 9.45. The van der Waals surface area contributed by atoms with Gasteiger partial charge in [0.15, 0.2) is 0 Å². The number of hydrogen-bond acceptors (Lipinski definition) is 5. The molecule has 4 atom stereocenters. The summed E-state index contributed by atoms with van der Waals surface area (Å²) in [5.41, 5.74) is 6.87. The monoisotopic (exact) mass is 403 g/mol. The number of fused-ring (bicyclic) bond motifs is 1. The maximum atomic E-state index is 12.9. The molecule has 1 amide bonds. The number of amides is 1. The van der Waals surface area contributed by atoms with Gasteiger partial charge >= 0.3 is 6.09 Å². The summed E-state index contributed by atoms with van der Waals surface area (Å²) in [7, 11) is 0. The number of aliphatic hydroxyl groups excluding tert-OH is 1. The number of hydrogen-bond donors (Lipinski definition) is 2. The summed E-state index contributed by atoms with van der Waals surface area (Å²) in [6.07, 6.45) is 4.38. The van der Waals surface area contributed by atoms with E-state index in [2.05, 4.69) is 0 Å². The van der Waals surface area contributed by atoms with Crippen molar-refractivity contribution < 1.29 is 14.6 Å². The second-order valence-electron chi connectivity index (χ2n) is 9.66. The van der Waals surface area contributed by atoms with Crippen LogP contribution in [0.15, 0.2) is 30.3 Å². The molecule has 2 unspecified atom stereocenters. The molecule has 1 saturated heterocycles. The molecule has 1 aliphatic carbocycles. The Kier molecular flexibility index (Phi) is 7.19. The average Bonchev–Trinajstić information content (AvgIpc) is 2.66. The summed E-state index contributed by atoms with van der Waals surface area (Å²) >= 11 is 0. The molecular formula is C23H37N3O3. The summed E-state index contributed by atoms with van der Waals surface area (Å²) < 4.78 is 5.66. The van der Waals surface area contributed by atoms with Crippen LogP contribution in [0, 0.1) is 11.8 Å². The molecule has 1 aromatic carbocycles. The molecule has 6 heteroatoms. The van der Waals surface area contributed by atoms with Crippen molar-refractivity contribution in [2.24, 2.45) is 17.6 Å². The van der Waals surface area contributed by atoms with Crippen molar-refractivity contribution in [2.75, 3.05) is 19.6 Å². The highest BCUT2D eigenvalue weighted by Gasteiger charge is 2.40. The Morgan fingerprint density at radius 2 is 1.79 bits per heavy atom. The standard InChI is InChI=1S/C23H37N3O3/c1-23(2,3)29-22(28)26-15-19-12-8-7-11-18(19)14-25(26)16-21(27)20(24)13-17-9-5-4-6-10-17/h4-6,9-10,18-21,27H,7-8,11-16,24H2,1-3H3/t18?,19?,20-,21-/m0/s1. The van der Waals surface area contributed by atoms with E-state index in [0.29, 0.717) is 31.3 Å². The Labute approximate surface area is 175 Å². The van der Waals surface area contributed by atoms with Gasteiger partial charge in [-0.05, 0) is 57.4 Å². The van der Waals surface area contributed by atoms with Crippen LogP contribution in [0.4, 0.5) is 4.79 Å². The van der Waals surface area contributed by atoms with E-state index < -0.39 is 11.7 Å². The van der Waals surface area contributed by atoms with E-state index in [-0.39, 0.29) is 12.1 Å². The second-order valence-corrected chi connectivity index (χ2v) is 9.66. The first-order chi connectivity index (χ1) is 13.7. The number of β-amino-alcohol motifs (C(OH)–C–C–N with tert-alkyl or cyclic N) is 1. The Hall–Kier alpha value is -1.63. The molecule has 2 aliphatic rings. The number of nitrogens with two attached hydrogens (primary N) is 1. The molecule has 1 aliphatic heterocycles. The third kappa shape index (κ3) is 6.17. The van der Waals surface area contributed by atoms with Gasteiger partial charge in [-0.15, -0.1) is 0 Å². The molecule has 3 rings (SSSR count). The fraction of sp³-hybridized carbons (Fsp3) is 0.696. The molecule has 29 heavy (non-hydrogen) atoms. The van der Waals surface area contributed by atoms with Crippen LogP contribution in [0.5, 0.6) is 0 Å². The van der Waals surface area contributed by atoms with E-state index in [1.807, 2.05) is 56.1 Å². The predicted molar refractivity (Wildman–Crippen MR) is 114 cm³/mol. The number of aliphatic hydroxyl groups is 1. The Morgan fingerprint density at radius 3 is 2.41 bits per heavy atom. The minimum absolute atomic E-state index is 0.328. The minimum Gasteiger partial charge on any atom is -0.443 e. The average molecular weight is 404 g/mol. The normalized spacial score (nSPS) is 25.2. The molecule has 1 aromatic rings. The van der Waals surface area contributed by atoms with Gasteiger partial charge in [0.25, 0.3) is 0 Å². The molecule has 0 bridgehead atoms. The Morgan fingerprint density at radius 1 is 1.17 bits per heavy atom. The lowest BCUT2D eigenvalue weighted by Gasteiger charge is -2.48. The number of carbonyl (C=O) groups is 1. The Balaban J connectivity index is 1.67. The van der Waals surface area contributed by atoms with E-state index in [1.54, 1.807) is 5.01 Å². The first kappa shape index (κ1) is 22.1. The van der Waals surface area contributed by atoms with Crippen molar-refractivity contribution >= 4 is 6.09 Å². The van der Waals surface area contributed by atoms with Crippen molar-refractivity contribution in [1.82, 2.24) is 10.0 Å². The van der Waals surface area contributed by atoms with E-state index >= 15 is 0 Å². The third-order valence-corrected chi connectivity index (χ3v) is 6.07. The highest BCUT2D eigenvalue weighted by molar-refractivity contribution is 5.67. The summed E-state index contributed by atoms with van der Waals surface area (Å²) in [5, 5.41) is 14.5. The largest absolute Gasteiger partial charge is 0.443 e. The number of rotatable bonds is 5. The van der Waals surface area contributed by atoms with E-state index in [4.69, 9.17) is 10.5 Å². The highest BCUT2D eigenvalue weighted by atomic mass is 16.6. The Bertz CT molecular complexity index is 661. The minimum atomic E-state index is -0.722. The zero-order chi connectivity index (χ0) is 21.0. The van der Waals surface area contributed by atoms with Crippen LogP contribution in [-0.4, -0.2) is 58.6 Å². The van der Waals surface area contributed by atoms with Crippen molar-refractivity contribution in [2.45, 2.75) is 70.6 Å². The number of nitrogens with zero attached hydrogens (tertiary/aromatic N) is 2. The summed E-state index contributed by atoms with van der Waals surface area (Å²) in [6, 6.07) is 9.58. The number of ether oxygens (including phenoxy) is 1. The van der Waals surface area contributed by atoms with E-state index in [1.165, 1.54) is 19.3 Å². The van der Waals surface area contributed by atoms with Crippen molar-refractivity contribution in [1.29, 1.82) is 0 Å². The number of carbonyl (C=O) groups excluding carboxylic acids is 1. The maximum Gasteiger partial charge on any atom is 0.424 e. The van der Waals surface area contributed by atoms with E-state index in [9.17, 15) is 9.90 Å². The first-order valence-electron chi connectivity index (χ1n) is 11.0. The van der Waals surface area contributed by atoms with Crippen LogP contribution in [0.1, 0.15) is 52.0 Å². The fourth-order valence-electron chi connectivity index (χ4n) is 4.52. The third-order valence-electron chi connectivity index (χ3n) is 6.07. The van der Waals surface area contributed by atoms with Crippen LogP contribution in [-0.2, 0) is 11.2 Å². The molecular weight excluding hydrogens is 366 g/mol. The quantitative estimate of drug-likeness (QED) is 0.789. The van der Waals surface area contributed by atoms with Gasteiger partial charge in [-0.3, -0.25) is 0 Å². The molecule has 0 spiro atoms. The van der Waals surface area contributed by atoms with E-state index in [0.717, 1.165) is 18.5 Å². The van der Waals surface area contributed by atoms with Crippen LogP contribution in [0.3, 0.4) is 0 Å². The summed E-state index contributed by atoms with van der Waals surface area (Å²) in [5.74, 6) is 1.09. The lowest BCUT2D eigenvalue weighted by molar-refractivity contribution is -0.117. The molecule has 162 valence electrons. The molecule has 0 aromatic heterocycles. The van der Waals surface area contributed by atoms with Gasteiger partial charge < -0.3 is 15.6 Å². The van der Waals surface area contributed by atoms with Gasteiger partial charge in [0.1, 0.15) is 5.60 Å². The van der Waals surface area contributed by atoms with Crippen molar-refractivity contribution in [3.05, 3.63) is 35.9 Å². The van der Waals surface area contributed by atoms with Gasteiger partial charge in [-0.2, -0.15) is 0 Å². The lowest BCUT2D eigenvalue weighted by atomic mass is 9.77. The molecule has 1 saturated carbocycles. The molecule has 3 N–H and O–H groups in total. The van der Waals surface area contributed by atoms with Crippen LogP contribution in [0.2, 0.25) is 0 Å². The van der Waals surface area contributed by atoms with Gasteiger partial charge in [-0.25, -0.2) is 14.8 Å². The first-order valence-corrected chi connectivity index (χ1v) is 11.0. The predicted octanol–water partition coefficient (Wildman–Crippen LogP) is 3.19.